The molecule has 0 aliphatic carbocycles. The average molecular weight is 330 g/mol. The number of rotatable bonds is 7. The second-order valence-electron chi connectivity index (χ2n) is 6.96. The summed E-state index contributed by atoms with van der Waals surface area (Å²) in [5.74, 6) is 1.08. The van der Waals surface area contributed by atoms with Gasteiger partial charge in [-0.25, -0.2) is 4.98 Å². The second kappa shape index (κ2) is 7.53. The molecule has 3 heterocycles. The fourth-order valence-electron chi connectivity index (χ4n) is 3.53. The zero-order chi connectivity index (χ0) is 17.0. The van der Waals surface area contributed by atoms with E-state index in [0.29, 0.717) is 13.0 Å². The molecule has 0 amide bonds. The number of piperidine rings is 1. The van der Waals surface area contributed by atoms with Crippen molar-refractivity contribution in [1.82, 2.24) is 15.3 Å². The Balaban J connectivity index is 1.71. The number of aromatic nitrogens is 2. The van der Waals surface area contributed by atoms with Crippen molar-refractivity contribution in [2.45, 2.75) is 64.6 Å². The van der Waals surface area contributed by atoms with Crippen molar-refractivity contribution in [3.63, 3.8) is 0 Å². The van der Waals surface area contributed by atoms with Crippen LogP contribution in [0, 0.1) is 0 Å². The summed E-state index contributed by atoms with van der Waals surface area (Å²) >= 11 is 0. The monoisotopic (exact) mass is 330 g/mol. The third kappa shape index (κ3) is 3.90. The second-order valence-corrected chi connectivity index (χ2v) is 6.96. The van der Waals surface area contributed by atoms with E-state index in [9.17, 15) is 5.11 Å². The van der Waals surface area contributed by atoms with Crippen LogP contribution in [0.3, 0.4) is 0 Å². The van der Waals surface area contributed by atoms with Gasteiger partial charge in [0.2, 0.25) is 0 Å². The van der Waals surface area contributed by atoms with Crippen LogP contribution >= 0.6 is 0 Å². The van der Waals surface area contributed by atoms with Crippen LogP contribution in [-0.4, -0.2) is 33.9 Å². The third-order valence-corrected chi connectivity index (χ3v) is 5.08. The smallest absolute Gasteiger partial charge is 0.129 e. The van der Waals surface area contributed by atoms with Gasteiger partial charge in [0.15, 0.2) is 0 Å². The highest BCUT2D eigenvalue weighted by atomic mass is 16.3. The fourth-order valence-corrected chi connectivity index (χ4v) is 3.53. The lowest BCUT2D eigenvalue weighted by Gasteiger charge is -2.27. The van der Waals surface area contributed by atoms with Gasteiger partial charge in [-0.1, -0.05) is 20.3 Å². The quantitative estimate of drug-likeness (QED) is 0.680. The number of anilines is 1. The van der Waals surface area contributed by atoms with Gasteiger partial charge in [-0.15, -0.1) is 0 Å². The van der Waals surface area contributed by atoms with Gasteiger partial charge in [0.1, 0.15) is 11.5 Å². The van der Waals surface area contributed by atoms with Crippen LogP contribution in [-0.2, 0) is 6.54 Å². The van der Waals surface area contributed by atoms with E-state index in [1.165, 1.54) is 24.6 Å². The molecule has 2 aromatic rings. The zero-order valence-corrected chi connectivity index (χ0v) is 14.9. The summed E-state index contributed by atoms with van der Waals surface area (Å²) in [5, 5.41) is 15.0. The molecular weight excluding hydrogens is 300 g/mol. The van der Waals surface area contributed by atoms with Crippen molar-refractivity contribution in [1.29, 1.82) is 0 Å². The van der Waals surface area contributed by atoms with Crippen molar-refractivity contribution in [2.75, 3.05) is 18.0 Å². The van der Waals surface area contributed by atoms with Gasteiger partial charge in [0, 0.05) is 30.7 Å². The minimum atomic E-state index is -0.775. The molecule has 5 heteroatoms. The van der Waals surface area contributed by atoms with Crippen molar-refractivity contribution < 1.29 is 5.11 Å². The first-order chi connectivity index (χ1) is 11.6. The topological polar surface area (TPSA) is 64.2 Å². The Morgan fingerprint density at radius 3 is 2.75 bits per heavy atom. The predicted octanol–water partition coefficient (Wildman–Crippen LogP) is 3.54. The molecule has 3 rings (SSSR count). The molecule has 5 nitrogen and oxygen atoms in total. The number of hydrogen-bond donors (Lipinski definition) is 3. The van der Waals surface area contributed by atoms with Crippen molar-refractivity contribution in [2.24, 2.45) is 0 Å². The molecule has 0 saturated carbocycles. The molecule has 1 unspecified atom stereocenters. The van der Waals surface area contributed by atoms with Crippen LogP contribution in [0.2, 0.25) is 0 Å². The van der Waals surface area contributed by atoms with Crippen molar-refractivity contribution >= 4 is 16.7 Å². The van der Waals surface area contributed by atoms with E-state index in [1.807, 2.05) is 13.1 Å². The van der Waals surface area contributed by atoms with E-state index < -0.39 is 5.72 Å². The van der Waals surface area contributed by atoms with Crippen LogP contribution in [0.15, 0.2) is 18.3 Å². The minimum Gasteiger partial charge on any atom is -0.376 e. The Labute approximate surface area is 144 Å². The predicted molar refractivity (Wildman–Crippen MR) is 99.1 cm³/mol. The summed E-state index contributed by atoms with van der Waals surface area (Å²) in [6.45, 7) is 6.97. The lowest BCUT2D eigenvalue weighted by atomic mass is 10.1. The van der Waals surface area contributed by atoms with Gasteiger partial charge in [-0.05, 0) is 44.2 Å². The number of nitrogens with one attached hydrogen (secondary N) is 2. The van der Waals surface area contributed by atoms with Crippen molar-refractivity contribution in [3.05, 3.63) is 24.0 Å². The number of aliphatic hydroxyl groups is 1. The summed E-state index contributed by atoms with van der Waals surface area (Å²) < 4.78 is 0. The van der Waals surface area contributed by atoms with Crippen LogP contribution in [0.5, 0.6) is 0 Å². The maximum absolute atomic E-state index is 10.5. The van der Waals surface area contributed by atoms with E-state index in [-0.39, 0.29) is 0 Å². The lowest BCUT2D eigenvalue weighted by Crippen LogP contribution is -2.44. The Morgan fingerprint density at radius 2 is 2.04 bits per heavy atom. The SMILES string of the molecule is CCCC(O)(CC)NCc1cc2cc(N3CCCCC3)ncc2[nH]1. The molecule has 1 saturated heterocycles. The molecule has 1 aliphatic heterocycles. The van der Waals surface area contributed by atoms with Crippen LogP contribution in [0.25, 0.3) is 10.9 Å². The summed E-state index contributed by atoms with van der Waals surface area (Å²) in [4.78, 5) is 10.4. The first-order valence-corrected chi connectivity index (χ1v) is 9.33. The van der Waals surface area contributed by atoms with Crippen molar-refractivity contribution in [3.8, 4) is 0 Å². The molecule has 0 aromatic carbocycles. The number of hydrogen-bond acceptors (Lipinski definition) is 4. The normalized spacial score (nSPS) is 18.0. The van der Waals surface area contributed by atoms with E-state index in [4.69, 9.17) is 0 Å². The first-order valence-electron chi connectivity index (χ1n) is 9.33. The Bertz CT molecular complexity index is 662. The molecule has 0 bridgehead atoms. The van der Waals surface area contributed by atoms with E-state index in [0.717, 1.165) is 43.0 Å². The van der Waals surface area contributed by atoms with Crippen LogP contribution < -0.4 is 10.2 Å². The molecule has 132 valence electrons. The van der Waals surface area contributed by atoms with Gasteiger partial charge < -0.3 is 15.0 Å². The Morgan fingerprint density at radius 1 is 1.25 bits per heavy atom. The van der Waals surface area contributed by atoms with Gasteiger partial charge in [0.05, 0.1) is 11.7 Å². The summed E-state index contributed by atoms with van der Waals surface area (Å²) in [6.07, 6.45) is 8.22. The maximum atomic E-state index is 10.5. The summed E-state index contributed by atoms with van der Waals surface area (Å²) in [5.41, 5.74) is 1.37. The number of fused-ring (bicyclic) bond motifs is 1. The van der Waals surface area contributed by atoms with Gasteiger partial charge >= 0.3 is 0 Å². The number of aromatic amines is 1. The van der Waals surface area contributed by atoms with Gasteiger partial charge in [-0.3, -0.25) is 5.32 Å². The lowest BCUT2D eigenvalue weighted by molar-refractivity contribution is -0.00945. The Hall–Kier alpha value is -1.59. The molecule has 0 spiro atoms. The summed E-state index contributed by atoms with van der Waals surface area (Å²) in [6, 6.07) is 4.35. The third-order valence-electron chi connectivity index (χ3n) is 5.08. The van der Waals surface area contributed by atoms with Crippen LogP contribution in [0.4, 0.5) is 5.82 Å². The molecule has 1 aliphatic rings. The molecule has 1 fully saturated rings. The Kier molecular flexibility index (Phi) is 5.41. The highest BCUT2D eigenvalue weighted by Crippen LogP contribution is 2.23. The standard InChI is InChI=1S/C19H30N4O/c1-3-8-19(24,4-2)21-13-16-11-15-12-18(20-14-17(15)22-16)23-9-6-5-7-10-23/h11-12,14,21-22,24H,3-10,13H2,1-2H3. The molecule has 0 radical (unpaired) electrons. The largest absolute Gasteiger partial charge is 0.376 e. The molecule has 2 aromatic heterocycles. The van der Waals surface area contributed by atoms with Gasteiger partial charge in [-0.2, -0.15) is 0 Å². The average Bonchev–Trinajstić information content (AvgIpc) is 3.03. The number of nitrogens with zero attached hydrogens (tertiary/aromatic N) is 2. The number of pyridine rings is 1. The molecular formula is C19H30N4O. The fraction of sp³-hybridized carbons (Fsp3) is 0.632. The van der Waals surface area contributed by atoms with Gasteiger partial charge in [0.25, 0.3) is 0 Å². The van der Waals surface area contributed by atoms with Crippen LogP contribution in [0.1, 0.15) is 58.1 Å². The molecule has 24 heavy (non-hydrogen) atoms. The number of H-pyrrole nitrogens is 1. The van der Waals surface area contributed by atoms with E-state index in [1.54, 1.807) is 0 Å². The first kappa shape index (κ1) is 17.2. The molecule has 3 N–H and O–H groups in total. The zero-order valence-electron chi connectivity index (χ0n) is 14.9. The molecule has 1 atom stereocenters. The minimum absolute atomic E-state index is 0.637. The maximum Gasteiger partial charge on any atom is 0.129 e. The highest BCUT2D eigenvalue weighted by Gasteiger charge is 2.22. The van der Waals surface area contributed by atoms with E-state index >= 15 is 0 Å². The summed E-state index contributed by atoms with van der Waals surface area (Å²) in [7, 11) is 0. The highest BCUT2D eigenvalue weighted by molar-refractivity contribution is 5.82. The van der Waals surface area contributed by atoms with E-state index in [2.05, 4.69) is 39.2 Å².